The lowest BCUT2D eigenvalue weighted by Crippen LogP contribution is -2.25. The summed E-state index contributed by atoms with van der Waals surface area (Å²) in [4.78, 5) is 2.45. The Bertz CT molecular complexity index is 667. The molecule has 2 aromatic carbocycles. The predicted octanol–water partition coefficient (Wildman–Crippen LogP) is 3.49. The van der Waals surface area contributed by atoms with E-state index in [1.807, 2.05) is 30.3 Å². The molecule has 0 atom stereocenters. The third kappa shape index (κ3) is 5.03. The number of phenolic OH excluding ortho intramolecular Hbond substituents is 1. The van der Waals surface area contributed by atoms with E-state index in [2.05, 4.69) is 10.2 Å². The van der Waals surface area contributed by atoms with Crippen molar-refractivity contribution in [2.75, 3.05) is 38.7 Å². The minimum Gasteiger partial charge on any atom is -0.508 e. The van der Waals surface area contributed by atoms with Gasteiger partial charge in [-0.2, -0.15) is 0 Å². The fourth-order valence-electron chi connectivity index (χ4n) is 3.04. The number of likely N-dealkylation sites (tertiary alicyclic amines) is 1. The van der Waals surface area contributed by atoms with E-state index in [9.17, 15) is 5.11 Å². The first-order valence-electron chi connectivity index (χ1n) is 8.79. The lowest BCUT2D eigenvalue weighted by molar-refractivity contribution is 0.238. The molecule has 0 aromatic heterocycles. The van der Waals surface area contributed by atoms with Crippen LogP contribution < -0.4 is 14.8 Å². The minimum atomic E-state index is 0.205. The summed E-state index contributed by atoms with van der Waals surface area (Å²) >= 11 is 0. The fraction of sp³-hybridized carbons (Fsp3) is 0.400. The first kappa shape index (κ1) is 17.4. The standard InChI is InChI=1S/C20H26N2O3/c1-24-20-14-18(23)7-4-16(20)15-21-17-5-8-19(9-6-17)25-13-12-22-10-2-3-11-22/h4-9,14,21,23H,2-3,10-13,15H2,1H3. The van der Waals surface area contributed by atoms with E-state index < -0.39 is 0 Å². The Kier molecular flexibility index (Phi) is 6.01. The molecule has 0 radical (unpaired) electrons. The molecule has 0 aliphatic carbocycles. The molecule has 2 N–H and O–H groups in total. The van der Waals surface area contributed by atoms with Crippen LogP contribution in [0.5, 0.6) is 17.2 Å². The van der Waals surface area contributed by atoms with Gasteiger partial charge in [0.2, 0.25) is 0 Å². The van der Waals surface area contributed by atoms with Gasteiger partial charge >= 0.3 is 0 Å². The SMILES string of the molecule is COc1cc(O)ccc1CNc1ccc(OCCN2CCCC2)cc1. The van der Waals surface area contributed by atoms with Crippen LogP contribution >= 0.6 is 0 Å². The second kappa shape index (κ2) is 8.62. The van der Waals surface area contributed by atoms with Crippen LogP contribution in [0.2, 0.25) is 0 Å². The second-order valence-corrected chi connectivity index (χ2v) is 6.27. The van der Waals surface area contributed by atoms with Crippen molar-refractivity contribution in [2.45, 2.75) is 19.4 Å². The molecule has 1 fully saturated rings. The second-order valence-electron chi connectivity index (χ2n) is 6.27. The molecule has 0 bridgehead atoms. The van der Waals surface area contributed by atoms with Gasteiger partial charge in [0.15, 0.2) is 0 Å². The third-order valence-corrected chi connectivity index (χ3v) is 4.48. The van der Waals surface area contributed by atoms with Crippen LogP contribution in [0.4, 0.5) is 5.69 Å². The summed E-state index contributed by atoms with van der Waals surface area (Å²) in [7, 11) is 1.60. The molecule has 1 saturated heterocycles. The maximum absolute atomic E-state index is 9.51. The van der Waals surface area contributed by atoms with E-state index in [0.717, 1.165) is 30.2 Å². The van der Waals surface area contributed by atoms with Gasteiger partial charge in [-0.15, -0.1) is 0 Å². The molecular weight excluding hydrogens is 316 g/mol. The molecule has 1 heterocycles. The minimum absolute atomic E-state index is 0.205. The van der Waals surface area contributed by atoms with Gasteiger partial charge in [0, 0.05) is 30.4 Å². The van der Waals surface area contributed by atoms with Gasteiger partial charge in [-0.25, -0.2) is 0 Å². The van der Waals surface area contributed by atoms with E-state index in [-0.39, 0.29) is 5.75 Å². The summed E-state index contributed by atoms with van der Waals surface area (Å²) in [5.74, 6) is 1.78. The molecule has 1 aliphatic rings. The molecule has 0 unspecified atom stereocenters. The van der Waals surface area contributed by atoms with Gasteiger partial charge in [-0.3, -0.25) is 4.90 Å². The number of nitrogens with one attached hydrogen (secondary N) is 1. The molecule has 2 aromatic rings. The topological polar surface area (TPSA) is 54.0 Å². The number of hydrogen-bond acceptors (Lipinski definition) is 5. The Morgan fingerprint density at radius 2 is 1.84 bits per heavy atom. The van der Waals surface area contributed by atoms with E-state index >= 15 is 0 Å². The smallest absolute Gasteiger partial charge is 0.127 e. The average Bonchev–Trinajstić information content (AvgIpc) is 3.15. The van der Waals surface area contributed by atoms with Crippen LogP contribution in [0.25, 0.3) is 0 Å². The van der Waals surface area contributed by atoms with Crippen molar-refractivity contribution in [3.05, 3.63) is 48.0 Å². The molecule has 3 rings (SSSR count). The van der Waals surface area contributed by atoms with Crippen molar-refractivity contribution in [2.24, 2.45) is 0 Å². The van der Waals surface area contributed by atoms with Gasteiger partial charge in [-0.1, -0.05) is 0 Å². The summed E-state index contributed by atoms with van der Waals surface area (Å²) in [5.41, 5.74) is 2.01. The molecule has 5 heteroatoms. The van der Waals surface area contributed by atoms with Crippen molar-refractivity contribution >= 4 is 5.69 Å². The highest BCUT2D eigenvalue weighted by Crippen LogP contribution is 2.25. The van der Waals surface area contributed by atoms with Gasteiger partial charge in [-0.05, 0) is 62.3 Å². The van der Waals surface area contributed by atoms with Crippen molar-refractivity contribution < 1.29 is 14.6 Å². The van der Waals surface area contributed by atoms with Gasteiger partial charge < -0.3 is 19.9 Å². The highest BCUT2D eigenvalue weighted by Gasteiger charge is 2.10. The monoisotopic (exact) mass is 342 g/mol. The quantitative estimate of drug-likeness (QED) is 0.769. The number of hydrogen-bond donors (Lipinski definition) is 2. The van der Waals surface area contributed by atoms with Gasteiger partial charge in [0.05, 0.1) is 7.11 Å². The number of methoxy groups -OCH3 is 1. The summed E-state index contributed by atoms with van der Waals surface area (Å²) in [6.07, 6.45) is 2.62. The van der Waals surface area contributed by atoms with Crippen LogP contribution in [0, 0.1) is 0 Å². The Hall–Kier alpha value is -2.40. The Labute approximate surface area is 149 Å². The van der Waals surface area contributed by atoms with Crippen LogP contribution in [0.1, 0.15) is 18.4 Å². The zero-order valence-corrected chi connectivity index (χ0v) is 14.7. The highest BCUT2D eigenvalue weighted by molar-refractivity contribution is 5.48. The highest BCUT2D eigenvalue weighted by atomic mass is 16.5. The molecule has 134 valence electrons. The number of ether oxygens (including phenoxy) is 2. The van der Waals surface area contributed by atoms with E-state index in [1.165, 1.54) is 25.9 Å². The van der Waals surface area contributed by atoms with E-state index in [0.29, 0.717) is 12.3 Å². The normalized spacial score (nSPS) is 14.4. The zero-order valence-electron chi connectivity index (χ0n) is 14.7. The molecule has 0 amide bonds. The van der Waals surface area contributed by atoms with E-state index in [4.69, 9.17) is 9.47 Å². The number of nitrogens with zero attached hydrogens (tertiary/aromatic N) is 1. The van der Waals surface area contributed by atoms with Crippen LogP contribution in [0.3, 0.4) is 0 Å². The van der Waals surface area contributed by atoms with Crippen molar-refractivity contribution in [3.8, 4) is 17.2 Å². The molecule has 5 nitrogen and oxygen atoms in total. The van der Waals surface area contributed by atoms with Crippen molar-refractivity contribution in [3.63, 3.8) is 0 Å². The number of aromatic hydroxyl groups is 1. The van der Waals surface area contributed by atoms with Crippen LogP contribution in [-0.4, -0.2) is 43.4 Å². The summed E-state index contributed by atoms with van der Waals surface area (Å²) in [6.45, 7) is 4.76. The Balaban J connectivity index is 1.47. The van der Waals surface area contributed by atoms with Crippen molar-refractivity contribution in [1.82, 2.24) is 4.90 Å². The van der Waals surface area contributed by atoms with Crippen LogP contribution in [-0.2, 0) is 6.54 Å². The number of anilines is 1. The maximum atomic E-state index is 9.51. The summed E-state index contributed by atoms with van der Waals surface area (Å²) < 4.78 is 11.1. The fourth-order valence-corrected chi connectivity index (χ4v) is 3.04. The average molecular weight is 342 g/mol. The summed E-state index contributed by atoms with van der Waals surface area (Å²) in [5, 5.41) is 12.9. The molecule has 0 saturated carbocycles. The third-order valence-electron chi connectivity index (χ3n) is 4.48. The Morgan fingerprint density at radius 3 is 2.56 bits per heavy atom. The number of phenols is 1. The van der Waals surface area contributed by atoms with Crippen LogP contribution in [0.15, 0.2) is 42.5 Å². The number of rotatable bonds is 8. The largest absolute Gasteiger partial charge is 0.508 e. The summed E-state index contributed by atoms with van der Waals surface area (Å²) in [6, 6.07) is 13.1. The molecule has 25 heavy (non-hydrogen) atoms. The molecule has 1 aliphatic heterocycles. The first-order chi connectivity index (χ1) is 12.2. The zero-order chi connectivity index (χ0) is 17.5. The Morgan fingerprint density at radius 1 is 1.08 bits per heavy atom. The first-order valence-corrected chi connectivity index (χ1v) is 8.79. The number of benzene rings is 2. The molecular formula is C20H26N2O3. The van der Waals surface area contributed by atoms with Crippen molar-refractivity contribution in [1.29, 1.82) is 0 Å². The maximum Gasteiger partial charge on any atom is 0.127 e. The predicted molar refractivity (Wildman–Crippen MR) is 99.6 cm³/mol. The van der Waals surface area contributed by atoms with Gasteiger partial charge in [0.1, 0.15) is 23.9 Å². The van der Waals surface area contributed by atoms with Gasteiger partial charge in [0.25, 0.3) is 0 Å². The lowest BCUT2D eigenvalue weighted by Gasteiger charge is -2.15. The van der Waals surface area contributed by atoms with E-state index in [1.54, 1.807) is 19.2 Å². The lowest BCUT2D eigenvalue weighted by atomic mass is 10.2. The molecule has 0 spiro atoms.